The highest BCUT2D eigenvalue weighted by Crippen LogP contribution is 2.47. The lowest BCUT2D eigenvalue weighted by atomic mass is 9.83. The van der Waals surface area contributed by atoms with Crippen LogP contribution < -0.4 is 34.2 Å². The maximum atomic E-state index is 12.9. The van der Waals surface area contributed by atoms with E-state index in [1.54, 1.807) is 54.6 Å². The van der Waals surface area contributed by atoms with Gasteiger partial charge in [-0.1, -0.05) is 25.5 Å². The van der Waals surface area contributed by atoms with Crippen molar-refractivity contribution in [2.45, 2.75) is 25.7 Å². The van der Waals surface area contributed by atoms with Gasteiger partial charge in [-0.2, -0.15) is 5.26 Å². The zero-order valence-electron chi connectivity index (χ0n) is 22.3. The number of fused-ring (bicyclic) bond motifs is 1. The van der Waals surface area contributed by atoms with Gasteiger partial charge in [0.2, 0.25) is 11.6 Å². The van der Waals surface area contributed by atoms with Crippen LogP contribution in [0.3, 0.4) is 0 Å². The Morgan fingerprint density at radius 3 is 2.38 bits per heavy atom. The Bertz CT molecular complexity index is 1420. The molecule has 0 aliphatic carbocycles. The van der Waals surface area contributed by atoms with E-state index < -0.39 is 11.9 Å². The molecule has 0 spiro atoms. The van der Waals surface area contributed by atoms with Gasteiger partial charge in [0, 0.05) is 11.6 Å². The summed E-state index contributed by atoms with van der Waals surface area (Å²) in [6, 6.07) is 17.5. The second-order valence-electron chi connectivity index (χ2n) is 8.70. The van der Waals surface area contributed by atoms with Crippen LogP contribution in [-0.4, -0.2) is 33.9 Å². The highest BCUT2D eigenvalue weighted by molar-refractivity contribution is 5.91. The van der Waals surface area contributed by atoms with Crippen molar-refractivity contribution in [2.24, 2.45) is 5.73 Å². The molecule has 9 heteroatoms. The molecule has 4 rings (SSSR count). The van der Waals surface area contributed by atoms with Crippen LogP contribution in [-0.2, 0) is 0 Å². The largest absolute Gasteiger partial charge is 0.494 e. The van der Waals surface area contributed by atoms with Crippen molar-refractivity contribution in [3.05, 3.63) is 82.7 Å². The van der Waals surface area contributed by atoms with Gasteiger partial charge in [0.1, 0.15) is 28.9 Å². The molecule has 1 aliphatic rings. The molecule has 3 aromatic carbocycles. The lowest BCUT2D eigenvalue weighted by Gasteiger charge is -2.27. The van der Waals surface area contributed by atoms with Crippen molar-refractivity contribution in [2.75, 3.05) is 27.9 Å². The molecule has 1 atom stereocenters. The quantitative estimate of drug-likeness (QED) is 0.210. The number of unbranched alkanes of at least 4 members (excludes halogenated alkanes) is 1. The number of ether oxygens (including phenoxy) is 6. The van der Waals surface area contributed by atoms with Gasteiger partial charge in [0.15, 0.2) is 11.5 Å². The molecule has 3 aromatic rings. The number of rotatable bonds is 10. The van der Waals surface area contributed by atoms with Gasteiger partial charge in [-0.3, -0.25) is 0 Å². The van der Waals surface area contributed by atoms with Crippen LogP contribution >= 0.6 is 0 Å². The Labute approximate surface area is 227 Å². The molecule has 9 nitrogen and oxygen atoms in total. The minimum Gasteiger partial charge on any atom is -0.494 e. The summed E-state index contributed by atoms with van der Waals surface area (Å²) >= 11 is 0. The van der Waals surface area contributed by atoms with Gasteiger partial charge in [-0.25, -0.2) is 4.79 Å². The first kappa shape index (κ1) is 27.2. The molecule has 0 saturated heterocycles. The number of nitrogens with zero attached hydrogens (tertiary/aromatic N) is 1. The van der Waals surface area contributed by atoms with Gasteiger partial charge in [0.25, 0.3) is 0 Å². The van der Waals surface area contributed by atoms with Gasteiger partial charge >= 0.3 is 5.97 Å². The number of carbonyl (C=O) groups excluding carboxylic acids is 1. The molecule has 0 amide bonds. The minimum atomic E-state index is -0.589. The van der Waals surface area contributed by atoms with E-state index in [4.69, 9.17) is 34.2 Å². The normalized spacial score (nSPS) is 14.0. The topological polar surface area (TPSA) is 122 Å². The van der Waals surface area contributed by atoms with Crippen LogP contribution in [0.4, 0.5) is 0 Å². The average Bonchev–Trinajstić information content (AvgIpc) is 2.95. The molecule has 1 aliphatic heterocycles. The SMILES string of the molecule is CCCCOc1cccc(C(=O)Oc2ccc3c(c2)OC(N)=C(C#N)C3c2cc(OC)c(OC)c(OC)c2)c1. The van der Waals surface area contributed by atoms with Gasteiger partial charge in [0.05, 0.1) is 39.4 Å². The minimum absolute atomic E-state index is 0.0517. The summed E-state index contributed by atoms with van der Waals surface area (Å²) in [6.07, 6.45) is 1.93. The molecular formula is C30H30N2O7. The van der Waals surface area contributed by atoms with Crippen LogP contribution in [0.15, 0.2) is 66.1 Å². The van der Waals surface area contributed by atoms with E-state index in [-0.39, 0.29) is 17.2 Å². The Kier molecular flexibility index (Phi) is 8.46. The molecule has 0 saturated carbocycles. The average molecular weight is 531 g/mol. The standard InChI is InChI=1S/C30H30N2O7/c1-5-6-12-37-20-9-7-8-18(13-20)30(33)38-21-10-11-22-24(16-21)39-29(32)23(17-31)27(22)19-14-25(34-2)28(36-4)26(15-19)35-3/h7-11,13-16,27H,5-6,12,32H2,1-4H3. The Morgan fingerprint density at radius 2 is 1.74 bits per heavy atom. The smallest absolute Gasteiger partial charge is 0.343 e. The van der Waals surface area contributed by atoms with Crippen molar-refractivity contribution in [3.8, 4) is 40.6 Å². The van der Waals surface area contributed by atoms with E-state index in [1.165, 1.54) is 21.3 Å². The summed E-state index contributed by atoms with van der Waals surface area (Å²) in [6.45, 7) is 2.65. The third-order valence-electron chi connectivity index (χ3n) is 6.26. The number of allylic oxidation sites excluding steroid dienone is 1. The first-order chi connectivity index (χ1) is 18.9. The highest BCUT2D eigenvalue weighted by Gasteiger charge is 2.32. The number of methoxy groups -OCH3 is 3. The molecule has 0 fully saturated rings. The van der Waals surface area contributed by atoms with E-state index in [0.29, 0.717) is 52.0 Å². The predicted octanol–water partition coefficient (Wildman–Crippen LogP) is 5.33. The van der Waals surface area contributed by atoms with E-state index in [1.807, 2.05) is 0 Å². The van der Waals surface area contributed by atoms with Crippen LogP contribution in [0.5, 0.6) is 34.5 Å². The molecule has 0 bridgehead atoms. The monoisotopic (exact) mass is 530 g/mol. The van der Waals surface area contributed by atoms with Crippen molar-refractivity contribution in [3.63, 3.8) is 0 Å². The highest BCUT2D eigenvalue weighted by atomic mass is 16.5. The summed E-state index contributed by atoms with van der Waals surface area (Å²) in [5.41, 5.74) is 8.07. The maximum Gasteiger partial charge on any atom is 0.343 e. The summed E-state index contributed by atoms with van der Waals surface area (Å²) in [7, 11) is 4.55. The Hall–Kier alpha value is -4.84. The molecule has 202 valence electrons. The maximum absolute atomic E-state index is 12.9. The van der Waals surface area contributed by atoms with Crippen LogP contribution in [0.2, 0.25) is 0 Å². The van der Waals surface area contributed by atoms with E-state index in [0.717, 1.165) is 12.8 Å². The first-order valence-electron chi connectivity index (χ1n) is 12.4. The van der Waals surface area contributed by atoms with E-state index in [9.17, 15) is 10.1 Å². The lowest BCUT2D eigenvalue weighted by molar-refractivity contribution is 0.0734. The number of benzene rings is 3. The number of carbonyl (C=O) groups is 1. The van der Waals surface area contributed by atoms with Crippen molar-refractivity contribution in [1.29, 1.82) is 5.26 Å². The molecule has 0 radical (unpaired) electrons. The van der Waals surface area contributed by atoms with Crippen molar-refractivity contribution < 1.29 is 33.2 Å². The first-order valence-corrected chi connectivity index (χ1v) is 12.4. The van der Waals surface area contributed by atoms with Gasteiger partial charge < -0.3 is 34.2 Å². The molecule has 2 N–H and O–H groups in total. The number of hydrogen-bond acceptors (Lipinski definition) is 9. The second kappa shape index (κ2) is 12.1. The molecule has 0 aromatic heterocycles. The number of nitrogens with two attached hydrogens (primary N) is 1. The fraction of sp³-hybridized carbons (Fsp3) is 0.267. The summed E-state index contributed by atoms with van der Waals surface area (Å²) < 4.78 is 33.5. The predicted molar refractivity (Wildman–Crippen MR) is 144 cm³/mol. The second-order valence-corrected chi connectivity index (χ2v) is 8.70. The number of esters is 1. The summed E-state index contributed by atoms with van der Waals surface area (Å²) in [4.78, 5) is 12.9. The molecule has 1 heterocycles. The number of hydrogen-bond donors (Lipinski definition) is 1. The van der Waals surface area contributed by atoms with Gasteiger partial charge in [-0.15, -0.1) is 0 Å². The Balaban J connectivity index is 1.66. The third-order valence-corrected chi connectivity index (χ3v) is 6.26. The van der Waals surface area contributed by atoms with Crippen molar-refractivity contribution in [1.82, 2.24) is 0 Å². The Morgan fingerprint density at radius 1 is 1.00 bits per heavy atom. The summed E-state index contributed by atoms with van der Waals surface area (Å²) in [5, 5.41) is 9.93. The summed E-state index contributed by atoms with van der Waals surface area (Å²) in [5.74, 6) is 1.31. The van der Waals surface area contributed by atoms with Crippen LogP contribution in [0, 0.1) is 11.3 Å². The fourth-order valence-electron chi connectivity index (χ4n) is 4.32. The lowest BCUT2D eigenvalue weighted by Crippen LogP contribution is -2.21. The third kappa shape index (κ3) is 5.70. The van der Waals surface area contributed by atoms with E-state index in [2.05, 4.69) is 13.0 Å². The fourth-order valence-corrected chi connectivity index (χ4v) is 4.32. The molecular weight excluding hydrogens is 500 g/mol. The molecule has 1 unspecified atom stereocenters. The zero-order valence-corrected chi connectivity index (χ0v) is 22.3. The number of nitriles is 1. The zero-order chi connectivity index (χ0) is 27.9. The van der Waals surface area contributed by atoms with Crippen molar-refractivity contribution >= 4 is 5.97 Å². The van der Waals surface area contributed by atoms with E-state index >= 15 is 0 Å². The van der Waals surface area contributed by atoms with Crippen LogP contribution in [0.1, 0.15) is 47.2 Å². The van der Waals surface area contributed by atoms with Gasteiger partial charge in [-0.05, 0) is 48.4 Å². The molecule has 39 heavy (non-hydrogen) atoms. The van der Waals surface area contributed by atoms with Crippen LogP contribution in [0.25, 0.3) is 0 Å².